The highest BCUT2D eigenvalue weighted by atomic mass is 35.7. The van der Waals surface area contributed by atoms with Crippen molar-refractivity contribution in [2.45, 2.75) is 36.7 Å². The summed E-state index contributed by atoms with van der Waals surface area (Å²) in [5.74, 6) is -0.703. The SMILES string of the molecule is O=S(=O)(Cl)c1ccc(OCCCC2CCCO2)c(F)c1. The molecule has 7 heteroatoms. The number of hydrogen-bond donors (Lipinski definition) is 0. The van der Waals surface area contributed by atoms with Crippen molar-refractivity contribution in [2.24, 2.45) is 0 Å². The fraction of sp³-hybridized carbons (Fsp3) is 0.538. The molecule has 1 atom stereocenters. The monoisotopic (exact) mass is 322 g/mol. The summed E-state index contributed by atoms with van der Waals surface area (Å²) in [5, 5.41) is 0. The molecular formula is C13H16ClFO4S. The maximum Gasteiger partial charge on any atom is 0.261 e. The predicted octanol–water partition coefficient (Wildman–Crippen LogP) is 3.09. The van der Waals surface area contributed by atoms with Crippen LogP contribution < -0.4 is 4.74 Å². The molecule has 0 amide bonds. The lowest BCUT2D eigenvalue weighted by atomic mass is 10.1. The van der Waals surface area contributed by atoms with Gasteiger partial charge in [-0.15, -0.1) is 0 Å². The molecule has 2 rings (SSSR count). The van der Waals surface area contributed by atoms with Gasteiger partial charge in [0.05, 0.1) is 17.6 Å². The van der Waals surface area contributed by atoms with E-state index in [0.29, 0.717) is 6.61 Å². The first-order valence-electron chi connectivity index (χ1n) is 6.45. The Hall–Kier alpha value is -0.850. The molecule has 0 aliphatic carbocycles. The molecular weight excluding hydrogens is 307 g/mol. The summed E-state index contributed by atoms with van der Waals surface area (Å²) in [6.45, 7) is 1.18. The Balaban J connectivity index is 1.83. The van der Waals surface area contributed by atoms with E-state index in [2.05, 4.69) is 0 Å². The van der Waals surface area contributed by atoms with Gasteiger partial charge in [0.25, 0.3) is 9.05 Å². The first kappa shape index (κ1) is 15.5. The molecule has 1 aliphatic heterocycles. The molecule has 1 aromatic carbocycles. The molecule has 1 saturated heterocycles. The highest BCUT2D eigenvalue weighted by molar-refractivity contribution is 8.13. The van der Waals surface area contributed by atoms with Gasteiger partial charge in [-0.2, -0.15) is 0 Å². The van der Waals surface area contributed by atoms with Crippen molar-refractivity contribution < 1.29 is 22.3 Å². The Bertz CT molecular complexity index is 555. The van der Waals surface area contributed by atoms with Crippen LogP contribution in [-0.2, 0) is 13.8 Å². The van der Waals surface area contributed by atoms with Gasteiger partial charge in [0.1, 0.15) is 0 Å². The minimum Gasteiger partial charge on any atom is -0.491 e. The molecule has 112 valence electrons. The van der Waals surface area contributed by atoms with Crippen LogP contribution in [0.2, 0.25) is 0 Å². The lowest BCUT2D eigenvalue weighted by Crippen LogP contribution is -2.08. The molecule has 0 spiro atoms. The van der Waals surface area contributed by atoms with Gasteiger partial charge < -0.3 is 9.47 Å². The van der Waals surface area contributed by atoms with Crippen LogP contribution in [0, 0.1) is 5.82 Å². The van der Waals surface area contributed by atoms with E-state index in [9.17, 15) is 12.8 Å². The number of ether oxygens (including phenoxy) is 2. The van der Waals surface area contributed by atoms with Gasteiger partial charge in [0, 0.05) is 17.3 Å². The third-order valence-electron chi connectivity index (χ3n) is 3.14. The molecule has 0 N–H and O–H groups in total. The van der Waals surface area contributed by atoms with E-state index in [4.69, 9.17) is 20.2 Å². The van der Waals surface area contributed by atoms with Gasteiger partial charge in [-0.25, -0.2) is 12.8 Å². The molecule has 1 heterocycles. The molecule has 4 nitrogen and oxygen atoms in total. The lowest BCUT2D eigenvalue weighted by molar-refractivity contribution is 0.0979. The van der Waals surface area contributed by atoms with E-state index >= 15 is 0 Å². The normalized spacial score (nSPS) is 19.2. The zero-order valence-electron chi connectivity index (χ0n) is 10.8. The zero-order chi connectivity index (χ0) is 14.6. The molecule has 0 aromatic heterocycles. The van der Waals surface area contributed by atoms with Crippen molar-refractivity contribution in [1.29, 1.82) is 0 Å². The van der Waals surface area contributed by atoms with Crippen molar-refractivity contribution in [3.63, 3.8) is 0 Å². The molecule has 0 saturated carbocycles. The average Bonchev–Trinajstić information content (AvgIpc) is 2.88. The van der Waals surface area contributed by atoms with E-state index in [1.54, 1.807) is 0 Å². The second-order valence-corrected chi connectivity index (χ2v) is 7.22. The maximum atomic E-state index is 13.6. The van der Waals surface area contributed by atoms with E-state index in [1.807, 2.05) is 0 Å². The third kappa shape index (κ3) is 4.33. The maximum absolute atomic E-state index is 13.6. The number of rotatable bonds is 6. The van der Waals surface area contributed by atoms with Crippen LogP contribution in [0.4, 0.5) is 4.39 Å². The van der Waals surface area contributed by atoms with Gasteiger partial charge in [-0.1, -0.05) is 0 Å². The summed E-state index contributed by atoms with van der Waals surface area (Å²) >= 11 is 0. The number of hydrogen-bond acceptors (Lipinski definition) is 4. The predicted molar refractivity (Wildman–Crippen MR) is 73.1 cm³/mol. The smallest absolute Gasteiger partial charge is 0.261 e. The van der Waals surface area contributed by atoms with Crippen molar-refractivity contribution in [3.8, 4) is 5.75 Å². The number of benzene rings is 1. The van der Waals surface area contributed by atoms with Crippen LogP contribution in [0.5, 0.6) is 5.75 Å². The summed E-state index contributed by atoms with van der Waals surface area (Å²) in [6, 6.07) is 3.36. The molecule has 0 bridgehead atoms. The van der Waals surface area contributed by atoms with Crippen molar-refractivity contribution in [1.82, 2.24) is 0 Å². The lowest BCUT2D eigenvalue weighted by Gasteiger charge is -2.10. The van der Waals surface area contributed by atoms with Crippen LogP contribution in [0.3, 0.4) is 0 Å². The average molecular weight is 323 g/mol. The molecule has 1 aliphatic rings. The van der Waals surface area contributed by atoms with Gasteiger partial charge >= 0.3 is 0 Å². The Morgan fingerprint density at radius 2 is 2.25 bits per heavy atom. The Morgan fingerprint density at radius 1 is 1.45 bits per heavy atom. The van der Waals surface area contributed by atoms with Crippen LogP contribution in [0.15, 0.2) is 23.1 Å². The first-order valence-corrected chi connectivity index (χ1v) is 8.76. The standard InChI is InChI=1S/C13H16ClFO4S/c14-20(16,17)11-5-6-13(12(15)9-11)19-8-2-4-10-3-1-7-18-10/h5-6,9-10H,1-4,7-8H2. The largest absolute Gasteiger partial charge is 0.491 e. The van der Waals surface area contributed by atoms with Crippen LogP contribution in [-0.4, -0.2) is 27.7 Å². The van der Waals surface area contributed by atoms with Crippen molar-refractivity contribution in [3.05, 3.63) is 24.0 Å². The van der Waals surface area contributed by atoms with E-state index in [0.717, 1.165) is 38.4 Å². The Labute approximate surface area is 122 Å². The summed E-state index contributed by atoms with van der Waals surface area (Å²) < 4.78 is 46.5. The highest BCUT2D eigenvalue weighted by Gasteiger charge is 2.16. The summed E-state index contributed by atoms with van der Waals surface area (Å²) in [7, 11) is 1.22. The summed E-state index contributed by atoms with van der Waals surface area (Å²) in [5.41, 5.74) is 0. The topological polar surface area (TPSA) is 52.6 Å². The second kappa shape index (κ2) is 6.74. The quantitative estimate of drug-likeness (QED) is 0.596. The first-order chi connectivity index (χ1) is 9.47. The Kier molecular flexibility index (Phi) is 5.23. The van der Waals surface area contributed by atoms with E-state index < -0.39 is 14.9 Å². The van der Waals surface area contributed by atoms with Crippen LogP contribution in [0.1, 0.15) is 25.7 Å². The van der Waals surface area contributed by atoms with Crippen LogP contribution in [0.25, 0.3) is 0 Å². The minimum atomic E-state index is -3.92. The van der Waals surface area contributed by atoms with Gasteiger partial charge in [-0.05, 0) is 43.9 Å². The molecule has 0 radical (unpaired) electrons. The van der Waals surface area contributed by atoms with Crippen molar-refractivity contribution in [2.75, 3.05) is 13.2 Å². The highest BCUT2D eigenvalue weighted by Crippen LogP contribution is 2.24. The molecule has 1 unspecified atom stereocenters. The van der Waals surface area contributed by atoms with Crippen LogP contribution >= 0.6 is 10.7 Å². The third-order valence-corrected chi connectivity index (χ3v) is 4.49. The summed E-state index contributed by atoms with van der Waals surface area (Å²) in [4.78, 5) is -0.275. The second-order valence-electron chi connectivity index (χ2n) is 4.66. The summed E-state index contributed by atoms with van der Waals surface area (Å²) in [6.07, 6.45) is 4.09. The minimum absolute atomic E-state index is 0.0291. The van der Waals surface area contributed by atoms with E-state index in [-0.39, 0.29) is 16.7 Å². The Morgan fingerprint density at radius 3 is 2.85 bits per heavy atom. The zero-order valence-corrected chi connectivity index (χ0v) is 12.4. The fourth-order valence-electron chi connectivity index (χ4n) is 2.12. The van der Waals surface area contributed by atoms with E-state index in [1.165, 1.54) is 12.1 Å². The van der Waals surface area contributed by atoms with Gasteiger partial charge in [-0.3, -0.25) is 0 Å². The molecule has 1 fully saturated rings. The van der Waals surface area contributed by atoms with Gasteiger partial charge in [0.15, 0.2) is 11.6 Å². The molecule has 1 aromatic rings. The van der Waals surface area contributed by atoms with Crippen molar-refractivity contribution >= 4 is 19.7 Å². The number of halogens is 2. The fourth-order valence-corrected chi connectivity index (χ4v) is 2.88. The molecule has 20 heavy (non-hydrogen) atoms. The van der Waals surface area contributed by atoms with Gasteiger partial charge in [0.2, 0.25) is 0 Å².